The fourth-order valence-electron chi connectivity index (χ4n) is 3.32. The number of carboxylic acid groups (broad SMARTS) is 1. The first kappa shape index (κ1) is 24.8. The molecular formula is C23H30NO6P. The molecule has 0 aromatic heterocycles. The molecule has 0 unspecified atom stereocenters. The third-order valence-electron chi connectivity index (χ3n) is 4.90. The maximum absolute atomic E-state index is 12.7. The molecule has 0 aliphatic carbocycles. The molecule has 0 radical (unpaired) electrons. The standard InChI is InChI=1S/C23H30NO6P/c1-5-29-31(28,30-6-2)15-18-10-12-19(13-11-18)22(25)24-21(23(26)27)14-20-16(3)8-7-9-17(20)4/h7-13,21H,5-6,14-15H2,1-4H3,(H,24,25)(H,26,27)/t21-/m0/s1. The Balaban J connectivity index is 2.11. The maximum Gasteiger partial charge on any atom is 0.335 e. The van der Waals surface area contributed by atoms with E-state index >= 15 is 0 Å². The molecule has 2 N–H and O–H groups in total. The van der Waals surface area contributed by atoms with Gasteiger partial charge in [-0.1, -0.05) is 30.3 Å². The minimum atomic E-state index is -3.24. The molecule has 0 spiro atoms. The number of carbonyl (C=O) groups excluding carboxylic acids is 1. The second-order valence-electron chi connectivity index (χ2n) is 7.24. The largest absolute Gasteiger partial charge is 0.480 e. The molecule has 1 amide bonds. The molecule has 8 heteroatoms. The molecule has 2 rings (SSSR count). The predicted octanol–water partition coefficient (Wildman–Crippen LogP) is 4.50. The Morgan fingerprint density at radius 2 is 1.55 bits per heavy atom. The normalized spacial score (nSPS) is 12.4. The summed E-state index contributed by atoms with van der Waals surface area (Å²) in [5, 5.41) is 12.2. The fraction of sp³-hybridized carbons (Fsp3) is 0.391. The minimum Gasteiger partial charge on any atom is -0.480 e. The van der Waals surface area contributed by atoms with E-state index in [4.69, 9.17) is 9.05 Å². The lowest BCUT2D eigenvalue weighted by molar-refractivity contribution is -0.139. The van der Waals surface area contributed by atoms with Crippen molar-refractivity contribution >= 4 is 19.5 Å². The van der Waals surface area contributed by atoms with Gasteiger partial charge in [0.25, 0.3) is 5.91 Å². The lowest BCUT2D eigenvalue weighted by Crippen LogP contribution is -2.42. The van der Waals surface area contributed by atoms with Crippen molar-refractivity contribution in [3.05, 3.63) is 70.3 Å². The molecule has 0 bridgehead atoms. The van der Waals surface area contributed by atoms with E-state index in [0.717, 1.165) is 16.7 Å². The summed E-state index contributed by atoms with van der Waals surface area (Å²) < 4.78 is 23.3. The summed E-state index contributed by atoms with van der Waals surface area (Å²) in [5.74, 6) is -1.58. The number of nitrogens with one attached hydrogen (secondary N) is 1. The average molecular weight is 447 g/mol. The number of rotatable bonds is 11. The van der Waals surface area contributed by atoms with Gasteiger partial charge in [0.2, 0.25) is 0 Å². The fourth-order valence-corrected chi connectivity index (χ4v) is 5.03. The number of carbonyl (C=O) groups is 2. The van der Waals surface area contributed by atoms with Crippen LogP contribution < -0.4 is 5.32 Å². The third kappa shape index (κ3) is 7.03. The number of hydrogen-bond donors (Lipinski definition) is 2. The molecule has 31 heavy (non-hydrogen) atoms. The van der Waals surface area contributed by atoms with Gasteiger partial charge in [-0.25, -0.2) is 4.79 Å². The molecular weight excluding hydrogens is 417 g/mol. The number of aliphatic carboxylic acids is 1. The van der Waals surface area contributed by atoms with Crippen molar-refractivity contribution in [3.63, 3.8) is 0 Å². The van der Waals surface area contributed by atoms with E-state index < -0.39 is 25.5 Å². The number of amides is 1. The number of carboxylic acids is 1. The predicted molar refractivity (Wildman–Crippen MR) is 120 cm³/mol. The van der Waals surface area contributed by atoms with Crippen molar-refractivity contribution < 1.29 is 28.3 Å². The Labute approximate surface area is 183 Å². The van der Waals surface area contributed by atoms with Crippen LogP contribution in [0.3, 0.4) is 0 Å². The zero-order valence-corrected chi connectivity index (χ0v) is 19.3. The van der Waals surface area contributed by atoms with Gasteiger partial charge in [0.05, 0.1) is 19.4 Å². The van der Waals surface area contributed by atoms with Crippen LogP contribution in [0.15, 0.2) is 42.5 Å². The van der Waals surface area contributed by atoms with Gasteiger partial charge in [0.1, 0.15) is 6.04 Å². The van der Waals surface area contributed by atoms with E-state index in [9.17, 15) is 19.3 Å². The van der Waals surface area contributed by atoms with Gasteiger partial charge in [-0.2, -0.15) is 0 Å². The highest BCUT2D eigenvalue weighted by atomic mass is 31.2. The van der Waals surface area contributed by atoms with E-state index in [1.807, 2.05) is 32.0 Å². The summed E-state index contributed by atoms with van der Waals surface area (Å²) >= 11 is 0. The van der Waals surface area contributed by atoms with Crippen LogP contribution in [0.25, 0.3) is 0 Å². The van der Waals surface area contributed by atoms with Crippen molar-refractivity contribution in [2.75, 3.05) is 13.2 Å². The summed E-state index contributed by atoms with van der Waals surface area (Å²) in [6, 6.07) is 11.2. The summed E-state index contributed by atoms with van der Waals surface area (Å²) in [6.07, 6.45) is 0.296. The van der Waals surface area contributed by atoms with Crippen molar-refractivity contribution in [1.29, 1.82) is 0 Å². The number of benzene rings is 2. The number of aryl methyl sites for hydroxylation is 2. The first-order valence-electron chi connectivity index (χ1n) is 10.2. The van der Waals surface area contributed by atoms with Gasteiger partial charge >= 0.3 is 13.6 Å². The Hall–Kier alpha value is -2.47. The number of hydrogen-bond acceptors (Lipinski definition) is 5. The molecule has 0 heterocycles. The monoisotopic (exact) mass is 447 g/mol. The Bertz CT molecular complexity index is 927. The lowest BCUT2D eigenvalue weighted by atomic mass is 9.96. The average Bonchev–Trinajstić information content (AvgIpc) is 2.70. The smallest absolute Gasteiger partial charge is 0.335 e. The van der Waals surface area contributed by atoms with Gasteiger partial charge < -0.3 is 19.5 Å². The van der Waals surface area contributed by atoms with E-state index in [0.29, 0.717) is 11.1 Å². The zero-order chi connectivity index (χ0) is 23.0. The van der Waals surface area contributed by atoms with Crippen LogP contribution >= 0.6 is 7.60 Å². The Morgan fingerprint density at radius 3 is 2.03 bits per heavy atom. The van der Waals surface area contributed by atoms with Gasteiger partial charge in [-0.15, -0.1) is 0 Å². The Kier molecular flexibility index (Phi) is 8.99. The first-order valence-corrected chi connectivity index (χ1v) is 12.0. The van der Waals surface area contributed by atoms with Crippen LogP contribution in [-0.2, 0) is 31.0 Å². The van der Waals surface area contributed by atoms with Crippen LogP contribution in [0.1, 0.15) is 46.5 Å². The van der Waals surface area contributed by atoms with Crippen LogP contribution in [0, 0.1) is 13.8 Å². The van der Waals surface area contributed by atoms with Gasteiger partial charge in [-0.3, -0.25) is 9.36 Å². The topological polar surface area (TPSA) is 102 Å². The van der Waals surface area contributed by atoms with E-state index in [1.165, 1.54) is 0 Å². The van der Waals surface area contributed by atoms with Gasteiger partial charge in [-0.05, 0) is 62.1 Å². The SMILES string of the molecule is CCOP(=O)(Cc1ccc(C(=O)N[C@@H](Cc2c(C)cccc2C)C(=O)O)cc1)OCC. The quantitative estimate of drug-likeness (QED) is 0.492. The molecule has 168 valence electrons. The van der Waals surface area contributed by atoms with E-state index in [2.05, 4.69) is 5.32 Å². The molecule has 1 atom stereocenters. The molecule has 2 aromatic carbocycles. The van der Waals surface area contributed by atoms with Crippen LogP contribution in [0.2, 0.25) is 0 Å². The van der Waals surface area contributed by atoms with E-state index in [-0.39, 0.29) is 25.8 Å². The molecule has 7 nitrogen and oxygen atoms in total. The summed E-state index contributed by atoms with van der Waals surface area (Å²) in [4.78, 5) is 24.4. The van der Waals surface area contributed by atoms with E-state index in [1.54, 1.807) is 38.1 Å². The summed E-state index contributed by atoms with van der Waals surface area (Å²) in [6.45, 7) is 7.88. The van der Waals surface area contributed by atoms with Crippen molar-refractivity contribution in [3.8, 4) is 0 Å². The summed E-state index contributed by atoms with van der Waals surface area (Å²) in [5.41, 5.74) is 3.90. The highest BCUT2D eigenvalue weighted by molar-refractivity contribution is 7.53. The molecule has 0 aliphatic heterocycles. The lowest BCUT2D eigenvalue weighted by Gasteiger charge is -2.18. The zero-order valence-electron chi connectivity index (χ0n) is 18.4. The highest BCUT2D eigenvalue weighted by Gasteiger charge is 2.25. The highest BCUT2D eigenvalue weighted by Crippen LogP contribution is 2.51. The third-order valence-corrected chi connectivity index (χ3v) is 6.96. The second-order valence-corrected chi connectivity index (χ2v) is 9.29. The van der Waals surface area contributed by atoms with Crippen molar-refractivity contribution in [2.24, 2.45) is 0 Å². The molecule has 0 saturated heterocycles. The minimum absolute atomic E-state index is 0.0981. The van der Waals surface area contributed by atoms with Crippen LogP contribution in [0.5, 0.6) is 0 Å². The second kappa shape index (κ2) is 11.2. The molecule has 0 aliphatic rings. The van der Waals surface area contributed by atoms with Crippen LogP contribution in [-0.4, -0.2) is 36.2 Å². The maximum atomic E-state index is 12.7. The Morgan fingerprint density at radius 1 is 1.00 bits per heavy atom. The van der Waals surface area contributed by atoms with Crippen molar-refractivity contribution in [1.82, 2.24) is 5.32 Å². The molecule has 0 fully saturated rings. The van der Waals surface area contributed by atoms with Gasteiger partial charge in [0.15, 0.2) is 0 Å². The van der Waals surface area contributed by atoms with Gasteiger partial charge in [0, 0.05) is 12.0 Å². The summed E-state index contributed by atoms with van der Waals surface area (Å²) in [7, 11) is -3.24. The molecule has 2 aromatic rings. The van der Waals surface area contributed by atoms with Crippen molar-refractivity contribution in [2.45, 2.75) is 46.3 Å². The molecule has 0 saturated carbocycles. The first-order chi connectivity index (χ1) is 14.7. The van der Waals surface area contributed by atoms with Crippen LogP contribution in [0.4, 0.5) is 0 Å².